The highest BCUT2D eigenvalue weighted by Gasteiger charge is 2.29. The van der Waals surface area contributed by atoms with E-state index in [-0.39, 0.29) is 30.9 Å². The number of halogens is 2. The second-order valence-corrected chi connectivity index (χ2v) is 6.82. The molecule has 156 valence electrons. The van der Waals surface area contributed by atoms with Crippen LogP contribution in [0.5, 0.6) is 0 Å². The van der Waals surface area contributed by atoms with Crippen LogP contribution in [-0.2, 0) is 17.9 Å². The smallest absolute Gasteiger partial charge is 0.156 e. The Labute approximate surface area is 182 Å². The summed E-state index contributed by atoms with van der Waals surface area (Å²) >= 11 is 0. The van der Waals surface area contributed by atoms with Crippen LogP contribution in [0, 0.1) is 0 Å². The van der Waals surface area contributed by atoms with Gasteiger partial charge in [-0.25, -0.2) is 19.6 Å². The predicted molar refractivity (Wildman–Crippen MR) is 116 cm³/mol. The van der Waals surface area contributed by atoms with Crippen molar-refractivity contribution in [3.63, 3.8) is 0 Å². The fourth-order valence-electron chi connectivity index (χ4n) is 3.22. The van der Waals surface area contributed by atoms with E-state index in [1.54, 1.807) is 18.1 Å². The van der Waals surface area contributed by atoms with Gasteiger partial charge < -0.3 is 15.8 Å². The Hall–Kier alpha value is -2.26. The first-order valence-corrected chi connectivity index (χ1v) is 9.01. The van der Waals surface area contributed by atoms with Crippen molar-refractivity contribution in [1.29, 1.82) is 0 Å². The zero-order valence-corrected chi connectivity index (χ0v) is 17.7. The van der Waals surface area contributed by atoms with Gasteiger partial charge in [0.05, 0.1) is 5.69 Å². The van der Waals surface area contributed by atoms with Crippen molar-refractivity contribution in [2.24, 2.45) is 5.73 Å². The quantitative estimate of drug-likeness (QED) is 0.585. The van der Waals surface area contributed by atoms with Crippen molar-refractivity contribution < 1.29 is 4.74 Å². The number of hydrogen-bond acceptors (Lipinski definition) is 7. The van der Waals surface area contributed by atoms with Crippen LogP contribution in [0.25, 0.3) is 5.69 Å². The van der Waals surface area contributed by atoms with E-state index in [4.69, 9.17) is 10.5 Å². The van der Waals surface area contributed by atoms with Gasteiger partial charge in [-0.1, -0.05) is 12.1 Å². The Balaban J connectivity index is 0.00000150. The molecule has 0 atom stereocenters. The monoisotopic (exact) mass is 437 g/mol. The van der Waals surface area contributed by atoms with Crippen molar-refractivity contribution in [2.45, 2.75) is 38.0 Å². The van der Waals surface area contributed by atoms with Crippen LogP contribution < -0.4 is 11.1 Å². The zero-order valence-electron chi connectivity index (χ0n) is 16.1. The van der Waals surface area contributed by atoms with Crippen LogP contribution in [0.1, 0.15) is 35.8 Å². The number of methoxy groups -OCH3 is 1. The summed E-state index contributed by atoms with van der Waals surface area (Å²) in [4.78, 5) is 13.1. The van der Waals surface area contributed by atoms with Crippen molar-refractivity contribution in [3.05, 3.63) is 60.1 Å². The summed E-state index contributed by atoms with van der Waals surface area (Å²) in [7, 11) is 1.65. The van der Waals surface area contributed by atoms with Crippen LogP contribution in [-0.4, -0.2) is 37.9 Å². The van der Waals surface area contributed by atoms with Crippen LogP contribution in [0.15, 0.2) is 43.0 Å². The Morgan fingerprint density at radius 1 is 1.17 bits per heavy atom. The standard InChI is InChI=1S/C19H23N7O.2ClH/c1-27-10-19-24-17(14-6-15(20)7-14)8-18(25-19)22-9-13-2-4-16(5-3-13)26-12-21-11-23-26;;/h2-5,8,11-12,14-15H,6-7,9-10,20H2,1H3,(H,22,24,25);2*1H. The lowest BCUT2D eigenvalue weighted by Gasteiger charge is -2.32. The van der Waals surface area contributed by atoms with Gasteiger partial charge in [0.2, 0.25) is 0 Å². The first kappa shape index (κ1) is 23.0. The highest BCUT2D eigenvalue weighted by atomic mass is 35.5. The Bertz CT molecular complexity index is 884. The number of benzene rings is 1. The molecule has 29 heavy (non-hydrogen) atoms. The number of nitrogens with two attached hydrogens (primary N) is 1. The fourth-order valence-corrected chi connectivity index (χ4v) is 3.22. The van der Waals surface area contributed by atoms with E-state index in [9.17, 15) is 0 Å². The first-order chi connectivity index (χ1) is 13.2. The van der Waals surface area contributed by atoms with Gasteiger partial charge in [0.1, 0.15) is 25.1 Å². The topological polar surface area (TPSA) is 104 Å². The molecule has 3 N–H and O–H groups in total. The van der Waals surface area contributed by atoms with Crippen LogP contribution in [0.4, 0.5) is 5.82 Å². The molecule has 0 aliphatic heterocycles. The number of nitrogens with zero attached hydrogens (tertiary/aromatic N) is 5. The van der Waals surface area contributed by atoms with E-state index in [1.807, 2.05) is 18.2 Å². The van der Waals surface area contributed by atoms with Gasteiger partial charge in [-0.3, -0.25) is 0 Å². The van der Waals surface area contributed by atoms with Crippen LogP contribution in [0.2, 0.25) is 0 Å². The highest BCUT2D eigenvalue weighted by Crippen LogP contribution is 2.35. The van der Waals surface area contributed by atoms with Crippen molar-refractivity contribution in [3.8, 4) is 5.69 Å². The molecule has 1 aromatic carbocycles. The summed E-state index contributed by atoms with van der Waals surface area (Å²) in [6.45, 7) is 1.07. The van der Waals surface area contributed by atoms with Crippen LogP contribution in [0.3, 0.4) is 0 Å². The van der Waals surface area contributed by atoms with E-state index in [2.05, 4.69) is 37.5 Å². The summed E-state index contributed by atoms with van der Waals surface area (Å²) in [5.74, 6) is 1.92. The molecule has 3 aromatic rings. The van der Waals surface area contributed by atoms with Gasteiger partial charge in [-0.05, 0) is 30.5 Å². The Morgan fingerprint density at radius 3 is 2.55 bits per heavy atom. The second-order valence-electron chi connectivity index (χ2n) is 6.82. The number of anilines is 1. The number of hydrogen-bond donors (Lipinski definition) is 2. The minimum absolute atomic E-state index is 0. The average molecular weight is 438 g/mol. The van der Waals surface area contributed by atoms with Crippen LogP contribution >= 0.6 is 24.8 Å². The van der Waals surface area contributed by atoms with Crippen molar-refractivity contribution in [1.82, 2.24) is 24.7 Å². The molecule has 1 saturated carbocycles. The largest absolute Gasteiger partial charge is 0.377 e. The van der Waals surface area contributed by atoms with Gasteiger partial charge in [0, 0.05) is 37.4 Å². The third kappa shape index (κ3) is 5.63. The summed E-state index contributed by atoms with van der Waals surface area (Å²) < 4.78 is 6.94. The van der Waals surface area contributed by atoms with Gasteiger partial charge >= 0.3 is 0 Å². The normalized spacial score (nSPS) is 17.6. The maximum absolute atomic E-state index is 5.93. The Kier molecular flexibility index (Phi) is 8.33. The number of rotatable bonds is 7. The summed E-state index contributed by atoms with van der Waals surface area (Å²) in [6, 6.07) is 10.5. The second kappa shape index (κ2) is 10.5. The molecule has 4 rings (SSSR count). The van der Waals surface area contributed by atoms with E-state index in [0.717, 1.165) is 35.6 Å². The van der Waals surface area contributed by atoms with Gasteiger partial charge in [-0.2, -0.15) is 5.10 Å². The molecular weight excluding hydrogens is 413 g/mol. The lowest BCUT2D eigenvalue weighted by Crippen LogP contribution is -2.35. The molecule has 2 aromatic heterocycles. The number of aromatic nitrogens is 5. The SMILES string of the molecule is COCc1nc(NCc2ccc(-n3cncn3)cc2)cc(C2CC(N)C2)n1.Cl.Cl. The maximum Gasteiger partial charge on any atom is 0.156 e. The van der Waals surface area contributed by atoms with Gasteiger partial charge in [0.25, 0.3) is 0 Å². The molecule has 2 heterocycles. The summed E-state index contributed by atoms with van der Waals surface area (Å²) in [6.07, 6.45) is 5.16. The lowest BCUT2D eigenvalue weighted by molar-refractivity contribution is 0.177. The summed E-state index contributed by atoms with van der Waals surface area (Å²) in [5, 5.41) is 7.53. The minimum Gasteiger partial charge on any atom is -0.377 e. The molecule has 10 heteroatoms. The fraction of sp³-hybridized carbons (Fsp3) is 0.368. The Morgan fingerprint density at radius 2 is 1.93 bits per heavy atom. The molecule has 0 radical (unpaired) electrons. The third-order valence-corrected chi connectivity index (χ3v) is 4.75. The molecule has 1 fully saturated rings. The maximum atomic E-state index is 5.93. The highest BCUT2D eigenvalue weighted by molar-refractivity contribution is 5.85. The molecule has 1 aliphatic rings. The van der Waals surface area contributed by atoms with E-state index in [0.29, 0.717) is 24.9 Å². The summed E-state index contributed by atoms with van der Waals surface area (Å²) in [5.41, 5.74) is 9.10. The van der Waals surface area contributed by atoms with E-state index < -0.39 is 0 Å². The number of ether oxygens (including phenoxy) is 1. The van der Waals surface area contributed by atoms with Gasteiger partial charge in [-0.15, -0.1) is 24.8 Å². The predicted octanol–water partition coefficient (Wildman–Crippen LogP) is 2.86. The minimum atomic E-state index is 0. The van der Waals surface area contributed by atoms with Crippen molar-refractivity contribution >= 4 is 30.6 Å². The first-order valence-electron chi connectivity index (χ1n) is 9.01. The molecule has 0 bridgehead atoms. The number of nitrogens with one attached hydrogen (secondary N) is 1. The lowest BCUT2D eigenvalue weighted by atomic mass is 9.78. The molecule has 0 unspecified atom stereocenters. The zero-order chi connectivity index (χ0) is 18.6. The van der Waals surface area contributed by atoms with Crippen molar-refractivity contribution in [2.75, 3.05) is 12.4 Å². The van der Waals surface area contributed by atoms with Gasteiger partial charge in [0.15, 0.2) is 5.82 Å². The van der Waals surface area contributed by atoms with E-state index >= 15 is 0 Å². The third-order valence-electron chi connectivity index (χ3n) is 4.75. The van der Waals surface area contributed by atoms with E-state index in [1.165, 1.54) is 6.33 Å². The average Bonchev–Trinajstić information content (AvgIpc) is 3.19. The molecule has 0 saturated heterocycles. The molecular formula is C19H25Cl2N7O. The molecule has 0 amide bonds. The molecule has 1 aliphatic carbocycles. The molecule has 0 spiro atoms. The molecule has 8 nitrogen and oxygen atoms in total.